The number of fused-ring (bicyclic) bond motifs is 1. The Morgan fingerprint density at radius 3 is 2.76 bits per heavy atom. The summed E-state index contributed by atoms with van der Waals surface area (Å²) in [5.74, 6) is 0.993. The van der Waals surface area contributed by atoms with Gasteiger partial charge in [-0.25, -0.2) is 9.97 Å². The number of hydrogen-bond donors (Lipinski definition) is 0. The number of rotatable bonds is 2. The Kier molecular flexibility index (Phi) is 3.12. The van der Waals surface area contributed by atoms with Crippen LogP contribution in [0.15, 0.2) is 35.4 Å². The van der Waals surface area contributed by atoms with E-state index in [1.807, 2.05) is 18.6 Å². The lowest BCUT2D eigenvalue weighted by atomic mass is 10.2. The molecule has 0 bridgehead atoms. The standard InChI is InChI=1S/C15H17N5S/c1-18-5-7-19(8-6-18)14-15-17-10-13(12-2-9-21-11-12)20(15)4-3-16-14/h2-4,9-11H,5-8H2,1H3. The van der Waals surface area contributed by atoms with Gasteiger partial charge >= 0.3 is 0 Å². The van der Waals surface area contributed by atoms with Crippen molar-refractivity contribution in [1.29, 1.82) is 0 Å². The molecule has 0 spiro atoms. The van der Waals surface area contributed by atoms with Crippen LogP contribution in [0.3, 0.4) is 0 Å². The molecule has 4 rings (SSSR count). The monoisotopic (exact) mass is 299 g/mol. The highest BCUT2D eigenvalue weighted by molar-refractivity contribution is 7.08. The van der Waals surface area contributed by atoms with E-state index in [0.29, 0.717) is 0 Å². The third kappa shape index (κ3) is 2.20. The molecule has 0 atom stereocenters. The summed E-state index contributed by atoms with van der Waals surface area (Å²) in [4.78, 5) is 13.9. The molecule has 0 N–H and O–H groups in total. The molecule has 0 radical (unpaired) electrons. The second-order valence-electron chi connectivity index (χ2n) is 5.39. The Labute approximate surface area is 127 Å². The lowest BCUT2D eigenvalue weighted by Gasteiger charge is -2.33. The van der Waals surface area contributed by atoms with Crippen LogP contribution in [-0.2, 0) is 0 Å². The van der Waals surface area contributed by atoms with E-state index in [0.717, 1.165) is 43.3 Å². The fourth-order valence-electron chi connectivity index (χ4n) is 2.77. The zero-order valence-electron chi connectivity index (χ0n) is 11.9. The van der Waals surface area contributed by atoms with Crippen molar-refractivity contribution in [3.05, 3.63) is 35.4 Å². The van der Waals surface area contributed by atoms with Gasteiger partial charge in [0.05, 0.1) is 11.9 Å². The van der Waals surface area contributed by atoms with Crippen LogP contribution in [-0.4, -0.2) is 52.5 Å². The summed E-state index contributed by atoms with van der Waals surface area (Å²) in [5.41, 5.74) is 3.29. The third-order valence-corrected chi connectivity index (χ3v) is 4.71. The first kappa shape index (κ1) is 12.8. The minimum absolute atomic E-state index is 0.947. The van der Waals surface area contributed by atoms with Crippen molar-refractivity contribution < 1.29 is 0 Å². The predicted molar refractivity (Wildman–Crippen MR) is 86.0 cm³/mol. The maximum Gasteiger partial charge on any atom is 0.180 e. The van der Waals surface area contributed by atoms with Crippen molar-refractivity contribution in [3.63, 3.8) is 0 Å². The summed E-state index contributed by atoms with van der Waals surface area (Å²) in [7, 11) is 2.16. The number of anilines is 1. The van der Waals surface area contributed by atoms with E-state index < -0.39 is 0 Å². The molecule has 0 saturated carbocycles. The van der Waals surface area contributed by atoms with E-state index in [1.165, 1.54) is 5.56 Å². The minimum atomic E-state index is 0.947. The van der Waals surface area contributed by atoms with Gasteiger partial charge in [-0.2, -0.15) is 11.3 Å². The number of imidazole rings is 1. The zero-order chi connectivity index (χ0) is 14.2. The highest BCUT2D eigenvalue weighted by Gasteiger charge is 2.19. The fourth-order valence-corrected chi connectivity index (χ4v) is 3.42. The lowest BCUT2D eigenvalue weighted by Crippen LogP contribution is -2.45. The Balaban J connectivity index is 1.77. The first-order chi connectivity index (χ1) is 10.3. The van der Waals surface area contributed by atoms with E-state index >= 15 is 0 Å². The number of likely N-dealkylation sites (N-methyl/N-ethyl adjacent to an activating group) is 1. The van der Waals surface area contributed by atoms with Crippen molar-refractivity contribution in [1.82, 2.24) is 19.3 Å². The molecule has 0 aromatic carbocycles. The molecule has 21 heavy (non-hydrogen) atoms. The molecule has 1 aliphatic heterocycles. The minimum Gasteiger partial charge on any atom is -0.351 e. The van der Waals surface area contributed by atoms with Crippen molar-refractivity contribution in [2.24, 2.45) is 0 Å². The highest BCUT2D eigenvalue weighted by Crippen LogP contribution is 2.26. The maximum atomic E-state index is 4.62. The van der Waals surface area contributed by atoms with Gasteiger partial charge in [0.2, 0.25) is 0 Å². The number of piperazine rings is 1. The van der Waals surface area contributed by atoms with E-state index in [1.54, 1.807) is 11.3 Å². The van der Waals surface area contributed by atoms with Crippen LogP contribution < -0.4 is 4.90 Å². The molecule has 6 heteroatoms. The average molecular weight is 299 g/mol. The summed E-state index contributed by atoms with van der Waals surface area (Å²) in [6.45, 7) is 4.15. The summed E-state index contributed by atoms with van der Waals surface area (Å²) >= 11 is 1.71. The van der Waals surface area contributed by atoms with Gasteiger partial charge in [0.1, 0.15) is 0 Å². The summed E-state index contributed by atoms with van der Waals surface area (Å²) in [6, 6.07) is 2.13. The number of aromatic nitrogens is 3. The Morgan fingerprint density at radius 2 is 2.00 bits per heavy atom. The molecule has 5 nitrogen and oxygen atoms in total. The van der Waals surface area contributed by atoms with Gasteiger partial charge in [-0.05, 0) is 18.5 Å². The van der Waals surface area contributed by atoms with Crippen LogP contribution in [0.2, 0.25) is 0 Å². The van der Waals surface area contributed by atoms with Gasteiger partial charge in [-0.15, -0.1) is 0 Å². The number of nitrogens with zero attached hydrogens (tertiary/aromatic N) is 5. The SMILES string of the molecule is CN1CCN(c2nccn3c(-c4ccsc4)cnc23)CC1. The molecule has 4 heterocycles. The molecule has 0 aliphatic carbocycles. The Hall–Kier alpha value is -1.92. The van der Waals surface area contributed by atoms with Crippen molar-refractivity contribution >= 4 is 22.8 Å². The molecule has 1 aliphatic rings. The molecule has 3 aromatic rings. The van der Waals surface area contributed by atoms with Crippen LogP contribution in [0.25, 0.3) is 16.9 Å². The topological polar surface area (TPSA) is 36.7 Å². The molecule has 0 amide bonds. The predicted octanol–water partition coefficient (Wildman–Crippen LogP) is 2.21. The quantitative estimate of drug-likeness (QED) is 0.727. The molecule has 1 saturated heterocycles. The molecule has 1 fully saturated rings. The first-order valence-electron chi connectivity index (χ1n) is 7.11. The molecule has 3 aromatic heterocycles. The van der Waals surface area contributed by atoms with Gasteiger partial charge in [-0.1, -0.05) is 0 Å². The zero-order valence-corrected chi connectivity index (χ0v) is 12.8. The molecule has 0 unspecified atom stereocenters. The Morgan fingerprint density at radius 1 is 1.14 bits per heavy atom. The van der Waals surface area contributed by atoms with Crippen LogP contribution in [0.4, 0.5) is 5.82 Å². The summed E-state index contributed by atoms with van der Waals surface area (Å²) < 4.78 is 2.14. The van der Waals surface area contributed by atoms with Crippen LogP contribution in [0, 0.1) is 0 Å². The van der Waals surface area contributed by atoms with E-state index in [4.69, 9.17) is 0 Å². The smallest absolute Gasteiger partial charge is 0.180 e. The van der Waals surface area contributed by atoms with Crippen molar-refractivity contribution in [2.75, 3.05) is 38.1 Å². The van der Waals surface area contributed by atoms with E-state index in [-0.39, 0.29) is 0 Å². The maximum absolute atomic E-state index is 4.62. The summed E-state index contributed by atoms with van der Waals surface area (Å²) in [5, 5.41) is 4.25. The second kappa shape index (κ2) is 5.13. The van der Waals surface area contributed by atoms with Crippen LogP contribution >= 0.6 is 11.3 Å². The van der Waals surface area contributed by atoms with Gasteiger partial charge in [0, 0.05) is 49.5 Å². The fraction of sp³-hybridized carbons (Fsp3) is 0.333. The second-order valence-corrected chi connectivity index (χ2v) is 6.17. The third-order valence-electron chi connectivity index (χ3n) is 4.03. The molecular formula is C15H17N5S. The van der Waals surface area contributed by atoms with E-state index in [2.05, 4.69) is 48.0 Å². The summed E-state index contributed by atoms with van der Waals surface area (Å²) in [6.07, 6.45) is 5.81. The number of thiophene rings is 1. The van der Waals surface area contributed by atoms with Crippen LogP contribution in [0.1, 0.15) is 0 Å². The largest absolute Gasteiger partial charge is 0.351 e. The highest BCUT2D eigenvalue weighted by atomic mass is 32.1. The first-order valence-corrected chi connectivity index (χ1v) is 8.05. The average Bonchev–Trinajstić information content (AvgIpc) is 3.16. The lowest BCUT2D eigenvalue weighted by molar-refractivity contribution is 0.312. The van der Waals surface area contributed by atoms with Gasteiger partial charge in [0.25, 0.3) is 0 Å². The molecule has 108 valence electrons. The normalized spacial score (nSPS) is 16.7. The van der Waals surface area contributed by atoms with Crippen LogP contribution in [0.5, 0.6) is 0 Å². The van der Waals surface area contributed by atoms with Crippen molar-refractivity contribution in [3.8, 4) is 11.3 Å². The van der Waals surface area contributed by atoms with Gasteiger partial charge in [-0.3, -0.25) is 4.40 Å². The Bertz CT molecular complexity index is 741. The number of hydrogen-bond acceptors (Lipinski definition) is 5. The van der Waals surface area contributed by atoms with Crippen molar-refractivity contribution in [2.45, 2.75) is 0 Å². The molecular weight excluding hydrogens is 282 g/mol. The van der Waals surface area contributed by atoms with Gasteiger partial charge in [0.15, 0.2) is 11.5 Å². The van der Waals surface area contributed by atoms with Gasteiger partial charge < -0.3 is 9.80 Å². The van der Waals surface area contributed by atoms with E-state index in [9.17, 15) is 0 Å².